The Kier molecular flexibility index (Phi) is 21.2. The van der Waals surface area contributed by atoms with Gasteiger partial charge in [-0.3, -0.25) is 0 Å². The number of para-hydroxylation sites is 3. The van der Waals surface area contributed by atoms with E-state index in [1.165, 1.54) is 6.42 Å². The van der Waals surface area contributed by atoms with Crippen LogP contribution in [0.25, 0.3) is 0 Å². The number of hydrogen-bond acceptors (Lipinski definition) is 4. The van der Waals surface area contributed by atoms with E-state index in [4.69, 9.17) is 27.6 Å². The average molecular weight is 574 g/mol. The summed E-state index contributed by atoms with van der Waals surface area (Å²) in [5.41, 5.74) is 0. The second-order valence-electron chi connectivity index (χ2n) is 7.63. The summed E-state index contributed by atoms with van der Waals surface area (Å²) in [6, 6.07) is 28.5. The molecule has 1 aliphatic carbocycles. The largest absolute Gasteiger partial charge is 0.530 e. The number of rotatable bonds is 8. The fourth-order valence-corrected chi connectivity index (χ4v) is 4.20. The van der Waals surface area contributed by atoms with E-state index in [-0.39, 0.29) is 17.1 Å². The first-order valence-electron chi connectivity index (χ1n) is 11.5. The standard InChI is InChI=1S/C18H15O3P.C10H16O.2CO.Fe/c1-4-10-16(11-5-1)19-22(20-17-12-6-2-7-13-17)21-18-14-8-3-9-15-18;1-9-5-3-4-6-10(7-9)8-11-2;2*1-2;/h1-15H;3-6,9-10H,7-8H2,1-2H3;;;/t;9-,10+;;;/m.0.../s1. The monoisotopic (exact) mass is 574 g/mol. The van der Waals surface area contributed by atoms with Gasteiger partial charge in [0.2, 0.25) is 0 Å². The number of allylic oxidation sites excluding steroid dienone is 3. The molecule has 0 fully saturated rings. The summed E-state index contributed by atoms with van der Waals surface area (Å²) < 4.78 is 37.6. The molecule has 0 bridgehead atoms. The van der Waals surface area contributed by atoms with Crippen LogP contribution in [-0.4, -0.2) is 13.7 Å². The van der Waals surface area contributed by atoms with Gasteiger partial charge in [-0.2, -0.15) is 0 Å². The molecule has 4 rings (SSSR count). The molecule has 0 aromatic heterocycles. The summed E-state index contributed by atoms with van der Waals surface area (Å²) in [5.74, 6) is 3.41. The van der Waals surface area contributed by atoms with Crippen molar-refractivity contribution in [2.45, 2.75) is 13.3 Å². The van der Waals surface area contributed by atoms with Gasteiger partial charge in [0, 0.05) is 30.1 Å². The molecule has 0 saturated heterocycles. The molecule has 38 heavy (non-hydrogen) atoms. The summed E-state index contributed by atoms with van der Waals surface area (Å²) in [7, 11) is 0.171. The Hall–Kier alpha value is -3.07. The fourth-order valence-electron chi connectivity index (χ4n) is 3.21. The molecule has 8 heteroatoms. The second-order valence-corrected chi connectivity index (χ2v) is 8.63. The van der Waals surface area contributed by atoms with E-state index in [1.54, 1.807) is 7.11 Å². The Labute approximate surface area is 237 Å². The Bertz CT molecular complexity index is 954. The van der Waals surface area contributed by atoms with Crippen molar-refractivity contribution in [3.8, 4) is 17.2 Å². The van der Waals surface area contributed by atoms with Gasteiger partial charge in [-0.25, -0.2) is 0 Å². The van der Waals surface area contributed by atoms with Crippen molar-refractivity contribution in [2.24, 2.45) is 11.8 Å². The van der Waals surface area contributed by atoms with Crippen LogP contribution in [0, 0.1) is 25.1 Å². The Morgan fingerprint density at radius 1 is 0.684 bits per heavy atom. The molecule has 0 saturated carbocycles. The molecular formula is C30H31FeO6P. The van der Waals surface area contributed by atoms with Crippen LogP contribution in [-0.2, 0) is 31.1 Å². The Balaban J connectivity index is 0.000000726. The van der Waals surface area contributed by atoms with Gasteiger partial charge in [0.1, 0.15) is 17.2 Å². The first-order chi connectivity index (χ1) is 18.2. The van der Waals surface area contributed by atoms with Crippen molar-refractivity contribution >= 4 is 8.60 Å². The van der Waals surface area contributed by atoms with Crippen molar-refractivity contribution in [1.82, 2.24) is 0 Å². The van der Waals surface area contributed by atoms with E-state index >= 15 is 0 Å². The molecular weight excluding hydrogens is 543 g/mol. The molecule has 3 aromatic rings. The van der Waals surface area contributed by atoms with Gasteiger partial charge in [0.25, 0.3) is 0 Å². The Morgan fingerprint density at radius 3 is 1.42 bits per heavy atom. The number of hydrogen-bond donors (Lipinski definition) is 0. The van der Waals surface area contributed by atoms with Crippen LogP contribution in [0.3, 0.4) is 0 Å². The Morgan fingerprint density at radius 2 is 1.05 bits per heavy atom. The summed E-state index contributed by atoms with van der Waals surface area (Å²) >= 11 is 0. The minimum absolute atomic E-state index is 0. The number of ether oxygens (including phenoxy) is 1. The summed E-state index contributed by atoms with van der Waals surface area (Å²) in [5, 5.41) is 0. The van der Waals surface area contributed by atoms with Crippen LogP contribution in [0.4, 0.5) is 0 Å². The molecule has 2 atom stereocenters. The molecule has 0 unspecified atom stereocenters. The van der Waals surface area contributed by atoms with Gasteiger partial charge in [-0.05, 0) is 48.7 Å². The second kappa shape index (κ2) is 23.1. The molecule has 0 N–H and O–H groups in total. The molecule has 0 amide bonds. The van der Waals surface area contributed by atoms with E-state index < -0.39 is 8.60 Å². The summed E-state index contributed by atoms with van der Waals surface area (Å²) in [4.78, 5) is 0. The molecule has 1 aliphatic rings. The molecule has 6 nitrogen and oxygen atoms in total. The van der Waals surface area contributed by atoms with Crippen LogP contribution >= 0.6 is 8.60 Å². The molecule has 0 radical (unpaired) electrons. The van der Waals surface area contributed by atoms with Crippen molar-refractivity contribution < 1.29 is 44.7 Å². The third kappa shape index (κ3) is 15.2. The minimum atomic E-state index is -1.59. The first-order valence-corrected chi connectivity index (χ1v) is 12.6. The smallest absolute Gasteiger partial charge is 0.409 e. The molecule has 0 aliphatic heterocycles. The van der Waals surface area contributed by atoms with Crippen molar-refractivity contribution in [3.05, 3.63) is 129 Å². The van der Waals surface area contributed by atoms with E-state index in [0.29, 0.717) is 29.1 Å². The van der Waals surface area contributed by atoms with Crippen LogP contribution in [0.5, 0.6) is 17.2 Å². The molecule has 0 spiro atoms. The van der Waals surface area contributed by atoms with Crippen LogP contribution < -0.4 is 13.6 Å². The minimum Gasteiger partial charge on any atom is -0.409 e. The predicted octanol–water partition coefficient (Wildman–Crippen LogP) is 7.77. The van der Waals surface area contributed by atoms with Crippen LogP contribution in [0.2, 0.25) is 0 Å². The van der Waals surface area contributed by atoms with Gasteiger partial charge in [-0.15, -0.1) is 0 Å². The summed E-state index contributed by atoms with van der Waals surface area (Å²) in [6.07, 6.45) is 9.92. The summed E-state index contributed by atoms with van der Waals surface area (Å²) in [6.45, 7) is 12.1. The maximum Gasteiger partial charge on any atom is 0.530 e. The third-order valence-electron chi connectivity index (χ3n) is 4.76. The maximum atomic E-state index is 7.50. The third-order valence-corrected chi connectivity index (χ3v) is 5.84. The topological polar surface area (TPSA) is 76.7 Å². The van der Waals surface area contributed by atoms with Crippen LogP contribution in [0.15, 0.2) is 115 Å². The average Bonchev–Trinajstić information content (AvgIpc) is 3.17. The van der Waals surface area contributed by atoms with E-state index in [1.807, 2.05) is 91.0 Å². The normalized spacial score (nSPS) is 14.8. The molecule has 3 aromatic carbocycles. The van der Waals surface area contributed by atoms with E-state index in [2.05, 4.69) is 44.5 Å². The zero-order valence-corrected chi connectivity index (χ0v) is 23.3. The zero-order chi connectivity index (χ0) is 27.1. The van der Waals surface area contributed by atoms with Crippen molar-refractivity contribution in [2.75, 3.05) is 13.7 Å². The van der Waals surface area contributed by atoms with Gasteiger partial charge < -0.3 is 18.3 Å². The fraction of sp³-hybridized carbons (Fsp3) is 0.200. The quantitative estimate of drug-likeness (QED) is 0.119. The van der Waals surface area contributed by atoms with Crippen molar-refractivity contribution in [1.29, 1.82) is 0 Å². The predicted molar refractivity (Wildman–Crippen MR) is 143 cm³/mol. The maximum absolute atomic E-state index is 7.50. The molecule has 200 valence electrons. The van der Waals surface area contributed by atoms with Gasteiger partial charge in [-0.1, -0.05) is 85.8 Å². The number of benzene rings is 3. The van der Waals surface area contributed by atoms with E-state index in [0.717, 1.165) is 6.61 Å². The zero-order valence-electron chi connectivity index (χ0n) is 21.3. The van der Waals surface area contributed by atoms with Gasteiger partial charge >= 0.3 is 31.2 Å². The number of methoxy groups -OCH3 is 1. The van der Waals surface area contributed by atoms with Gasteiger partial charge in [0.05, 0.1) is 6.61 Å². The molecule has 0 heterocycles. The van der Waals surface area contributed by atoms with Crippen LogP contribution in [0.1, 0.15) is 13.3 Å². The van der Waals surface area contributed by atoms with Crippen molar-refractivity contribution in [3.63, 3.8) is 0 Å². The SMILES string of the molecule is COC[C@@H]1C=CC=C[C@H](C)C1.[C-]#[O+].[C-]#[O+].[Fe].c1ccc(OP(Oc2ccccc2)Oc2ccccc2)cc1. The van der Waals surface area contributed by atoms with Gasteiger partial charge in [0.15, 0.2) is 0 Å². The first kappa shape index (κ1) is 34.9. The van der Waals surface area contributed by atoms with E-state index in [9.17, 15) is 0 Å².